The molecule has 1 saturated carbocycles. The summed E-state index contributed by atoms with van der Waals surface area (Å²) in [7, 11) is 0. The number of carbonyl (C=O) groups is 4. The first-order valence-electron chi connectivity index (χ1n) is 15.4. The molecule has 2 saturated heterocycles. The SMILES string of the molecule is O=C1C2CC=C3C(CC4(Cl)C(=O)N(c5c(F)c(F)c(F)c(F)c5F)C(=O)C4(Cl)C3c3ccc(CO)o3)C2C(=O)N1c1cc(C(F)(F)F)cc(C(F)(F)F)c1. The first-order chi connectivity index (χ1) is 25.0. The fraction of sp³-hybridized carbons (Fsp3) is 0.333. The highest BCUT2D eigenvalue weighted by Crippen LogP contribution is 2.66. The highest BCUT2D eigenvalue weighted by Gasteiger charge is 2.77. The largest absolute Gasteiger partial charge is 0.463 e. The number of aliphatic hydroxyl groups excluding tert-OH is 1. The first kappa shape index (κ1) is 37.8. The van der Waals surface area contributed by atoms with Crippen molar-refractivity contribution in [1.82, 2.24) is 0 Å². The third-order valence-corrected chi connectivity index (χ3v) is 11.6. The molecule has 3 aromatic rings. The molecular formula is C33H17Cl2F11N2O6. The molecule has 1 N–H and O–H groups in total. The Kier molecular flexibility index (Phi) is 8.40. The second-order valence-corrected chi connectivity index (χ2v) is 14.2. The standard InChI is InChI=1S/C33H17Cl2F11N2O6/c34-30-8-16-14(2-3-15-18(16)27(51)47(26(15)50)12-6-10(32(41,42)43)5-11(7-12)33(44,45)46)19(17-4-1-13(9-49)54-17)31(30,35)29(53)48(28(30)52)25-23(39)21(37)20(36)22(38)24(25)40/h1-2,4-7,15-16,18-19,49H,3,8-9H2. The number of carbonyl (C=O) groups excluding carboxylic acids is 4. The smallest absolute Gasteiger partial charge is 0.416 e. The number of furan rings is 1. The van der Waals surface area contributed by atoms with Crippen LogP contribution in [0.5, 0.6) is 0 Å². The Morgan fingerprint density at radius 1 is 0.759 bits per heavy atom. The molecule has 2 aliphatic carbocycles. The Hall–Kier alpha value is -4.49. The number of imide groups is 2. The third-order valence-electron chi connectivity index (χ3n) is 10.2. The van der Waals surface area contributed by atoms with Crippen LogP contribution in [-0.4, -0.2) is 38.5 Å². The number of hydrogen-bond donors (Lipinski definition) is 1. The molecule has 6 atom stereocenters. The van der Waals surface area contributed by atoms with Gasteiger partial charge in [-0.1, -0.05) is 11.6 Å². The molecule has 6 unspecified atom stereocenters. The van der Waals surface area contributed by atoms with E-state index in [9.17, 15) is 63.8 Å². The lowest BCUT2D eigenvalue weighted by Crippen LogP contribution is -2.60. The van der Waals surface area contributed by atoms with Gasteiger partial charge in [0.25, 0.3) is 11.8 Å². The van der Waals surface area contributed by atoms with Crippen molar-refractivity contribution in [2.24, 2.45) is 17.8 Å². The Balaban J connectivity index is 1.40. The minimum absolute atomic E-state index is 0.106. The molecule has 4 amide bonds. The summed E-state index contributed by atoms with van der Waals surface area (Å²) in [4.78, 5) is 49.9. The molecule has 1 aromatic heterocycles. The van der Waals surface area contributed by atoms with E-state index < -0.39 is 151 Å². The molecule has 0 spiro atoms. The van der Waals surface area contributed by atoms with Crippen LogP contribution in [0.4, 0.5) is 59.7 Å². The van der Waals surface area contributed by atoms with Crippen molar-refractivity contribution in [2.45, 2.75) is 47.5 Å². The van der Waals surface area contributed by atoms with E-state index in [0.29, 0.717) is 0 Å². The van der Waals surface area contributed by atoms with Gasteiger partial charge in [0.05, 0.1) is 34.6 Å². The maximum atomic E-state index is 15.1. The topological polar surface area (TPSA) is 108 Å². The number of alkyl halides is 8. The van der Waals surface area contributed by atoms with Crippen molar-refractivity contribution in [3.8, 4) is 0 Å². The fourth-order valence-electron chi connectivity index (χ4n) is 7.84. The van der Waals surface area contributed by atoms with E-state index in [1.54, 1.807) is 0 Å². The maximum Gasteiger partial charge on any atom is 0.416 e. The number of anilines is 2. The van der Waals surface area contributed by atoms with Crippen LogP contribution in [0.25, 0.3) is 0 Å². The molecule has 8 nitrogen and oxygen atoms in total. The minimum atomic E-state index is -5.37. The zero-order chi connectivity index (χ0) is 39.8. The molecule has 2 aromatic carbocycles. The van der Waals surface area contributed by atoms with Gasteiger partial charge in [0.2, 0.25) is 17.6 Å². The van der Waals surface area contributed by atoms with Crippen LogP contribution < -0.4 is 9.80 Å². The Morgan fingerprint density at radius 3 is 1.83 bits per heavy atom. The van der Waals surface area contributed by atoms with Gasteiger partial charge in [0.1, 0.15) is 23.8 Å². The van der Waals surface area contributed by atoms with E-state index in [0.717, 1.165) is 12.1 Å². The van der Waals surface area contributed by atoms with E-state index >= 15 is 8.78 Å². The molecule has 4 aliphatic rings. The number of nitrogens with zero attached hydrogens (tertiary/aromatic N) is 2. The van der Waals surface area contributed by atoms with Gasteiger partial charge in [0.15, 0.2) is 33.0 Å². The number of amides is 4. The number of aliphatic hydroxyl groups is 1. The van der Waals surface area contributed by atoms with Gasteiger partial charge in [0, 0.05) is 0 Å². The van der Waals surface area contributed by atoms with Gasteiger partial charge >= 0.3 is 12.4 Å². The molecule has 54 heavy (non-hydrogen) atoms. The quantitative estimate of drug-likeness (QED) is 0.0742. The van der Waals surface area contributed by atoms with Gasteiger partial charge in [-0.3, -0.25) is 19.2 Å². The molecule has 0 bridgehead atoms. The zero-order valence-corrected chi connectivity index (χ0v) is 27.7. The first-order valence-corrected chi connectivity index (χ1v) is 16.1. The monoisotopic (exact) mass is 816 g/mol. The molecule has 3 heterocycles. The Bertz CT molecular complexity index is 2180. The zero-order valence-electron chi connectivity index (χ0n) is 26.2. The summed E-state index contributed by atoms with van der Waals surface area (Å²) >= 11 is 13.8. The Morgan fingerprint density at radius 2 is 1.31 bits per heavy atom. The predicted molar refractivity (Wildman–Crippen MR) is 160 cm³/mol. The summed E-state index contributed by atoms with van der Waals surface area (Å²) in [5, 5.41) is 9.66. The Labute approximate surface area is 303 Å². The predicted octanol–water partition coefficient (Wildman–Crippen LogP) is 7.27. The van der Waals surface area contributed by atoms with Gasteiger partial charge < -0.3 is 9.52 Å². The van der Waals surface area contributed by atoms with Crippen molar-refractivity contribution < 1.29 is 77.0 Å². The van der Waals surface area contributed by atoms with E-state index in [4.69, 9.17) is 27.6 Å². The molecule has 2 aliphatic heterocycles. The van der Waals surface area contributed by atoms with Crippen LogP contribution in [-0.2, 0) is 38.1 Å². The fourth-order valence-corrected chi connectivity index (χ4v) is 8.75. The second kappa shape index (κ2) is 12.0. The summed E-state index contributed by atoms with van der Waals surface area (Å²) in [6.45, 7) is -0.774. The molecule has 0 radical (unpaired) electrons. The number of rotatable bonds is 4. The van der Waals surface area contributed by atoms with E-state index in [2.05, 4.69) is 0 Å². The highest BCUT2D eigenvalue weighted by atomic mass is 35.5. The average Bonchev–Trinajstić information content (AvgIpc) is 3.72. The molecule has 3 fully saturated rings. The summed E-state index contributed by atoms with van der Waals surface area (Å²) < 4.78 is 161. The number of allylic oxidation sites excluding steroid dienone is 2. The maximum absolute atomic E-state index is 15.1. The molecular weight excluding hydrogens is 800 g/mol. The van der Waals surface area contributed by atoms with E-state index in [-0.39, 0.29) is 34.4 Å². The van der Waals surface area contributed by atoms with E-state index in [1.807, 2.05) is 0 Å². The number of halogens is 13. The second-order valence-electron chi connectivity index (χ2n) is 12.9. The van der Waals surface area contributed by atoms with Gasteiger partial charge in [-0.2, -0.15) is 26.3 Å². The molecule has 286 valence electrons. The highest BCUT2D eigenvalue weighted by molar-refractivity contribution is 6.58. The van der Waals surface area contributed by atoms with Crippen LogP contribution in [0.1, 0.15) is 41.4 Å². The van der Waals surface area contributed by atoms with Crippen molar-refractivity contribution >= 4 is 58.2 Å². The number of benzene rings is 2. The van der Waals surface area contributed by atoms with Crippen molar-refractivity contribution in [3.05, 3.63) is 93.7 Å². The van der Waals surface area contributed by atoms with Crippen molar-refractivity contribution in [2.75, 3.05) is 9.80 Å². The minimum Gasteiger partial charge on any atom is -0.463 e. The summed E-state index contributed by atoms with van der Waals surface area (Å²) in [6, 6.07) is 2.33. The molecule has 7 rings (SSSR count). The number of fused-ring (bicyclic) bond motifs is 4. The summed E-state index contributed by atoms with van der Waals surface area (Å²) in [5.41, 5.74) is -6.99. The van der Waals surface area contributed by atoms with Crippen LogP contribution >= 0.6 is 23.2 Å². The van der Waals surface area contributed by atoms with Crippen LogP contribution in [0.15, 0.2) is 46.4 Å². The van der Waals surface area contributed by atoms with Crippen molar-refractivity contribution in [1.29, 1.82) is 0 Å². The lowest BCUT2D eigenvalue weighted by molar-refractivity contribution is -0.143. The van der Waals surface area contributed by atoms with Crippen LogP contribution in [0.2, 0.25) is 0 Å². The van der Waals surface area contributed by atoms with E-state index in [1.165, 1.54) is 6.08 Å². The average molecular weight is 817 g/mol. The third kappa shape index (κ3) is 4.99. The summed E-state index contributed by atoms with van der Waals surface area (Å²) in [6.07, 6.45) is -11.0. The van der Waals surface area contributed by atoms with Gasteiger partial charge in [-0.05, 0) is 49.1 Å². The van der Waals surface area contributed by atoms with Crippen molar-refractivity contribution in [3.63, 3.8) is 0 Å². The van der Waals surface area contributed by atoms with Gasteiger partial charge in [-0.25, -0.2) is 31.8 Å². The molecule has 21 heteroatoms. The summed E-state index contributed by atoms with van der Waals surface area (Å²) in [5.74, 6) is -26.6. The number of hydrogen-bond acceptors (Lipinski definition) is 6. The lowest BCUT2D eigenvalue weighted by atomic mass is 9.57. The van der Waals surface area contributed by atoms with Crippen LogP contribution in [0.3, 0.4) is 0 Å². The van der Waals surface area contributed by atoms with Gasteiger partial charge in [-0.15, -0.1) is 23.2 Å². The normalized spacial score (nSPS) is 28.4. The van der Waals surface area contributed by atoms with Crippen LogP contribution in [0, 0.1) is 46.8 Å². The lowest BCUT2D eigenvalue weighted by Gasteiger charge is -2.49.